The molecule has 0 spiro atoms. The Morgan fingerprint density at radius 1 is 1.29 bits per heavy atom. The second kappa shape index (κ2) is 6.90. The summed E-state index contributed by atoms with van der Waals surface area (Å²) in [4.78, 5) is -0.0106. The zero-order valence-corrected chi connectivity index (χ0v) is 11.3. The van der Waals surface area contributed by atoms with Gasteiger partial charge in [-0.1, -0.05) is 6.07 Å². The van der Waals surface area contributed by atoms with E-state index in [0.717, 1.165) is 0 Å². The fourth-order valence-corrected chi connectivity index (χ4v) is 2.55. The summed E-state index contributed by atoms with van der Waals surface area (Å²) < 4.78 is 39.1. The van der Waals surface area contributed by atoms with Crippen LogP contribution in [0.1, 0.15) is 5.56 Å². The molecule has 0 aliphatic rings. The summed E-state index contributed by atoms with van der Waals surface area (Å²) in [6, 6.07) is 4.01. The van der Waals surface area contributed by atoms with E-state index in [4.69, 9.17) is 0 Å². The van der Waals surface area contributed by atoms with E-state index in [1.165, 1.54) is 25.1 Å². The normalized spacial score (nSPS) is 11.0. The van der Waals surface area contributed by atoms with Crippen molar-refractivity contribution >= 4 is 22.4 Å². The minimum absolute atomic E-state index is 0. The minimum atomic E-state index is -3.62. The van der Waals surface area contributed by atoms with Crippen molar-refractivity contribution in [2.45, 2.75) is 11.8 Å². The van der Waals surface area contributed by atoms with Crippen molar-refractivity contribution in [3.63, 3.8) is 0 Å². The molecule has 98 valence electrons. The molecule has 0 amide bonds. The molecule has 7 heteroatoms. The van der Waals surface area contributed by atoms with Gasteiger partial charge in [-0.15, -0.1) is 12.4 Å². The lowest BCUT2D eigenvalue weighted by atomic mass is 10.2. The molecule has 0 saturated heterocycles. The summed E-state index contributed by atoms with van der Waals surface area (Å²) in [6.45, 7) is 2.24. The number of sulfonamides is 1. The molecule has 17 heavy (non-hydrogen) atoms. The van der Waals surface area contributed by atoms with E-state index in [-0.39, 0.29) is 29.4 Å². The summed E-state index contributed by atoms with van der Waals surface area (Å²) in [5.74, 6) is -0.517. The van der Waals surface area contributed by atoms with Gasteiger partial charge < -0.3 is 5.32 Å². The second-order valence-electron chi connectivity index (χ2n) is 3.36. The maximum absolute atomic E-state index is 13.2. The quantitative estimate of drug-likeness (QED) is 0.794. The Morgan fingerprint density at radius 3 is 2.53 bits per heavy atom. The molecule has 0 aliphatic carbocycles. The van der Waals surface area contributed by atoms with E-state index in [0.29, 0.717) is 6.54 Å². The van der Waals surface area contributed by atoms with E-state index in [1.54, 1.807) is 7.05 Å². The summed E-state index contributed by atoms with van der Waals surface area (Å²) in [6.07, 6.45) is 0. The SMILES string of the molecule is CNCCNS(=O)(=O)c1cccc(F)c1C.Cl. The van der Waals surface area contributed by atoms with Crippen LogP contribution in [0, 0.1) is 12.7 Å². The van der Waals surface area contributed by atoms with Crippen molar-refractivity contribution in [3.8, 4) is 0 Å². The van der Waals surface area contributed by atoms with Gasteiger partial charge in [0, 0.05) is 18.7 Å². The first-order chi connectivity index (χ1) is 7.49. The monoisotopic (exact) mass is 282 g/mol. The van der Waals surface area contributed by atoms with Gasteiger partial charge in [0.1, 0.15) is 5.82 Å². The average molecular weight is 283 g/mol. The van der Waals surface area contributed by atoms with E-state index >= 15 is 0 Å². The Labute approximate surface area is 107 Å². The van der Waals surface area contributed by atoms with Gasteiger partial charge in [-0.05, 0) is 26.1 Å². The number of nitrogens with one attached hydrogen (secondary N) is 2. The number of hydrogen-bond acceptors (Lipinski definition) is 3. The van der Waals surface area contributed by atoms with Crippen molar-refractivity contribution in [1.29, 1.82) is 0 Å². The van der Waals surface area contributed by atoms with Gasteiger partial charge in [0.15, 0.2) is 0 Å². The number of halogens is 2. The van der Waals surface area contributed by atoms with E-state index < -0.39 is 15.8 Å². The highest BCUT2D eigenvalue weighted by Gasteiger charge is 2.17. The predicted molar refractivity (Wildman–Crippen MR) is 67.5 cm³/mol. The first kappa shape index (κ1) is 16.3. The first-order valence-corrected chi connectivity index (χ1v) is 6.36. The zero-order valence-electron chi connectivity index (χ0n) is 9.66. The zero-order chi connectivity index (χ0) is 12.2. The smallest absolute Gasteiger partial charge is 0.240 e. The number of likely N-dealkylation sites (N-methyl/N-ethyl adjacent to an activating group) is 1. The minimum Gasteiger partial charge on any atom is -0.318 e. The van der Waals surface area contributed by atoms with Crippen molar-refractivity contribution in [2.24, 2.45) is 0 Å². The van der Waals surface area contributed by atoms with Crippen LogP contribution in [-0.2, 0) is 10.0 Å². The lowest BCUT2D eigenvalue weighted by Gasteiger charge is -2.09. The third-order valence-corrected chi connectivity index (χ3v) is 3.78. The van der Waals surface area contributed by atoms with Crippen molar-refractivity contribution in [1.82, 2.24) is 10.0 Å². The van der Waals surface area contributed by atoms with Crippen molar-refractivity contribution in [2.75, 3.05) is 20.1 Å². The van der Waals surface area contributed by atoms with Gasteiger partial charge in [0.2, 0.25) is 10.0 Å². The second-order valence-corrected chi connectivity index (χ2v) is 5.10. The summed E-state index contributed by atoms with van der Waals surface area (Å²) >= 11 is 0. The molecule has 2 N–H and O–H groups in total. The van der Waals surface area contributed by atoms with Gasteiger partial charge in [-0.25, -0.2) is 17.5 Å². The van der Waals surface area contributed by atoms with Gasteiger partial charge >= 0.3 is 0 Å². The maximum atomic E-state index is 13.2. The molecule has 1 rings (SSSR count). The highest BCUT2D eigenvalue weighted by Crippen LogP contribution is 2.16. The van der Waals surface area contributed by atoms with Crippen LogP contribution in [-0.4, -0.2) is 28.6 Å². The fourth-order valence-electron chi connectivity index (χ4n) is 1.27. The molecule has 0 unspecified atom stereocenters. The van der Waals surface area contributed by atoms with Gasteiger partial charge in [0.05, 0.1) is 4.90 Å². The molecule has 1 aromatic rings. The Balaban J connectivity index is 0.00000256. The van der Waals surface area contributed by atoms with Crippen LogP contribution in [0.5, 0.6) is 0 Å². The van der Waals surface area contributed by atoms with Crippen molar-refractivity contribution < 1.29 is 12.8 Å². The molecular weight excluding hydrogens is 267 g/mol. The lowest BCUT2D eigenvalue weighted by Crippen LogP contribution is -2.31. The van der Waals surface area contributed by atoms with Crippen LogP contribution < -0.4 is 10.0 Å². The highest BCUT2D eigenvalue weighted by atomic mass is 35.5. The van der Waals surface area contributed by atoms with E-state index in [2.05, 4.69) is 10.0 Å². The lowest BCUT2D eigenvalue weighted by molar-refractivity contribution is 0.573. The number of rotatable bonds is 5. The molecule has 0 aliphatic heterocycles. The molecule has 0 atom stereocenters. The molecule has 0 fully saturated rings. The van der Waals surface area contributed by atoms with Crippen LogP contribution in [0.2, 0.25) is 0 Å². The van der Waals surface area contributed by atoms with E-state index in [9.17, 15) is 12.8 Å². The Hall–Kier alpha value is -0.690. The highest BCUT2D eigenvalue weighted by molar-refractivity contribution is 7.89. The Bertz CT molecular complexity index is 465. The molecule has 0 saturated carbocycles. The topological polar surface area (TPSA) is 58.2 Å². The van der Waals surface area contributed by atoms with E-state index in [1.807, 2.05) is 0 Å². The fraction of sp³-hybridized carbons (Fsp3) is 0.400. The molecule has 1 aromatic carbocycles. The van der Waals surface area contributed by atoms with Gasteiger partial charge in [-0.2, -0.15) is 0 Å². The summed E-state index contributed by atoms with van der Waals surface area (Å²) in [7, 11) is -1.89. The standard InChI is InChI=1S/C10H15FN2O2S.ClH/c1-8-9(11)4-3-5-10(8)16(14,15)13-7-6-12-2;/h3-5,12-13H,6-7H2,1-2H3;1H. The molecule has 0 aromatic heterocycles. The van der Waals surface area contributed by atoms with Gasteiger partial charge in [0.25, 0.3) is 0 Å². The molecular formula is C10H16ClFN2O2S. The Kier molecular flexibility index (Phi) is 6.62. The molecule has 0 bridgehead atoms. The van der Waals surface area contributed by atoms with Gasteiger partial charge in [-0.3, -0.25) is 0 Å². The first-order valence-electron chi connectivity index (χ1n) is 4.88. The number of hydrogen-bond donors (Lipinski definition) is 2. The molecule has 0 heterocycles. The summed E-state index contributed by atoms with van der Waals surface area (Å²) in [5.41, 5.74) is 0.138. The third-order valence-electron chi connectivity index (χ3n) is 2.17. The van der Waals surface area contributed by atoms with Crippen LogP contribution >= 0.6 is 12.4 Å². The van der Waals surface area contributed by atoms with Crippen LogP contribution in [0.15, 0.2) is 23.1 Å². The van der Waals surface area contributed by atoms with Crippen LogP contribution in [0.4, 0.5) is 4.39 Å². The average Bonchev–Trinajstić information content (AvgIpc) is 2.22. The number of benzene rings is 1. The predicted octanol–water partition coefficient (Wildman–Crippen LogP) is 1.05. The Morgan fingerprint density at radius 2 is 1.94 bits per heavy atom. The summed E-state index contributed by atoms with van der Waals surface area (Å²) in [5, 5.41) is 2.82. The largest absolute Gasteiger partial charge is 0.318 e. The maximum Gasteiger partial charge on any atom is 0.240 e. The third kappa shape index (κ3) is 4.23. The van der Waals surface area contributed by atoms with Crippen LogP contribution in [0.3, 0.4) is 0 Å². The van der Waals surface area contributed by atoms with Crippen LogP contribution in [0.25, 0.3) is 0 Å². The molecule has 0 radical (unpaired) electrons. The van der Waals surface area contributed by atoms with Crippen molar-refractivity contribution in [3.05, 3.63) is 29.6 Å². The molecule has 4 nitrogen and oxygen atoms in total.